The van der Waals surface area contributed by atoms with Gasteiger partial charge >= 0.3 is 5.97 Å². The van der Waals surface area contributed by atoms with Crippen LogP contribution < -0.4 is 4.90 Å². The average Bonchev–Trinajstić information content (AvgIpc) is 2.66. The van der Waals surface area contributed by atoms with E-state index in [9.17, 15) is 22.8 Å². The van der Waals surface area contributed by atoms with Gasteiger partial charge in [0.05, 0.1) is 5.69 Å². The fourth-order valence-corrected chi connectivity index (χ4v) is 1.87. The molecule has 1 heterocycles. The molecule has 1 aliphatic heterocycles. The van der Waals surface area contributed by atoms with E-state index < -0.39 is 40.9 Å². The van der Waals surface area contributed by atoms with Crippen LogP contribution in [0.2, 0.25) is 0 Å². The number of hydrogen-bond acceptors (Lipinski definition) is 2. The first kappa shape index (κ1) is 12.4. The zero-order valence-electron chi connectivity index (χ0n) is 8.99. The van der Waals surface area contributed by atoms with Crippen LogP contribution in [0.5, 0.6) is 0 Å². The highest BCUT2D eigenvalue weighted by Gasteiger charge is 2.38. The highest BCUT2D eigenvalue weighted by molar-refractivity contribution is 6.07. The molecule has 96 valence electrons. The second-order valence-electron chi connectivity index (χ2n) is 3.89. The largest absolute Gasteiger partial charge is 0.481 e. The summed E-state index contributed by atoms with van der Waals surface area (Å²) in [5.74, 6) is -7.17. The van der Waals surface area contributed by atoms with Gasteiger partial charge in [-0.1, -0.05) is 0 Å². The van der Waals surface area contributed by atoms with Crippen LogP contribution in [-0.4, -0.2) is 23.5 Å². The van der Waals surface area contributed by atoms with E-state index in [-0.39, 0.29) is 13.0 Å². The zero-order chi connectivity index (χ0) is 13.4. The predicted molar refractivity (Wildman–Crippen MR) is 54.4 cm³/mol. The molecule has 1 saturated heterocycles. The third-order valence-electron chi connectivity index (χ3n) is 2.78. The Morgan fingerprint density at radius 2 is 1.83 bits per heavy atom. The molecule has 1 aromatic rings. The molecule has 1 fully saturated rings. The van der Waals surface area contributed by atoms with Gasteiger partial charge < -0.3 is 10.0 Å². The molecule has 1 aromatic carbocycles. The highest BCUT2D eigenvalue weighted by Crippen LogP contribution is 2.29. The number of rotatable bonds is 2. The summed E-state index contributed by atoms with van der Waals surface area (Å²) >= 11 is 0. The standard InChI is InChI=1S/C11H8F3NO3/c12-6-3-8(14)9(4-7(6)13)15-2-1-5(10(15)16)11(17)18/h3-5H,1-2H2,(H,17,18). The molecule has 0 spiro atoms. The van der Waals surface area contributed by atoms with Gasteiger partial charge in [0.25, 0.3) is 0 Å². The van der Waals surface area contributed by atoms with Crippen LogP contribution in [0.25, 0.3) is 0 Å². The molecule has 1 amide bonds. The van der Waals surface area contributed by atoms with Crippen LogP contribution in [0.4, 0.5) is 18.9 Å². The van der Waals surface area contributed by atoms with E-state index in [2.05, 4.69) is 0 Å². The topological polar surface area (TPSA) is 57.6 Å². The van der Waals surface area contributed by atoms with Crippen LogP contribution in [0, 0.1) is 23.4 Å². The number of carboxylic acid groups (broad SMARTS) is 1. The lowest BCUT2D eigenvalue weighted by Gasteiger charge is -2.17. The number of benzene rings is 1. The summed E-state index contributed by atoms with van der Waals surface area (Å²) in [6.07, 6.45) is 0.00655. The van der Waals surface area contributed by atoms with Crippen molar-refractivity contribution < 1.29 is 27.9 Å². The van der Waals surface area contributed by atoms with E-state index in [1.807, 2.05) is 0 Å². The van der Waals surface area contributed by atoms with E-state index in [1.165, 1.54) is 0 Å². The van der Waals surface area contributed by atoms with Crippen molar-refractivity contribution in [1.82, 2.24) is 0 Å². The lowest BCUT2D eigenvalue weighted by atomic mass is 10.1. The number of amides is 1. The summed E-state index contributed by atoms with van der Waals surface area (Å²) in [4.78, 5) is 23.2. The number of carbonyl (C=O) groups is 2. The smallest absolute Gasteiger partial charge is 0.316 e. The first-order valence-electron chi connectivity index (χ1n) is 5.10. The predicted octanol–water partition coefficient (Wildman–Crippen LogP) is 1.54. The van der Waals surface area contributed by atoms with Crippen molar-refractivity contribution in [3.05, 3.63) is 29.6 Å². The van der Waals surface area contributed by atoms with Gasteiger partial charge in [0, 0.05) is 18.7 Å². The van der Waals surface area contributed by atoms with Gasteiger partial charge in [0.15, 0.2) is 11.6 Å². The number of aliphatic carboxylic acids is 1. The second kappa shape index (κ2) is 4.32. The molecule has 2 rings (SSSR count). The van der Waals surface area contributed by atoms with Crippen molar-refractivity contribution in [3.8, 4) is 0 Å². The quantitative estimate of drug-likeness (QED) is 0.647. The maximum absolute atomic E-state index is 13.4. The van der Waals surface area contributed by atoms with Crippen LogP contribution in [-0.2, 0) is 9.59 Å². The van der Waals surface area contributed by atoms with Gasteiger partial charge in [-0.15, -0.1) is 0 Å². The van der Waals surface area contributed by atoms with Gasteiger partial charge in [-0.2, -0.15) is 0 Å². The summed E-state index contributed by atoms with van der Waals surface area (Å²) in [5, 5.41) is 8.74. The summed E-state index contributed by atoms with van der Waals surface area (Å²) in [7, 11) is 0. The van der Waals surface area contributed by atoms with Crippen LogP contribution >= 0.6 is 0 Å². The minimum atomic E-state index is -1.36. The number of hydrogen-bond donors (Lipinski definition) is 1. The Labute approximate surface area is 99.6 Å². The zero-order valence-corrected chi connectivity index (χ0v) is 8.99. The minimum absolute atomic E-state index is 0.00655. The minimum Gasteiger partial charge on any atom is -0.481 e. The Bertz CT molecular complexity index is 533. The van der Waals surface area contributed by atoms with Gasteiger partial charge in [0.2, 0.25) is 5.91 Å². The van der Waals surface area contributed by atoms with Gasteiger partial charge in [-0.3, -0.25) is 9.59 Å². The molecule has 4 nitrogen and oxygen atoms in total. The van der Waals surface area contributed by atoms with Crippen molar-refractivity contribution in [2.75, 3.05) is 11.4 Å². The molecule has 7 heteroatoms. The first-order valence-corrected chi connectivity index (χ1v) is 5.10. The first-order chi connectivity index (χ1) is 8.41. The molecule has 0 saturated carbocycles. The van der Waals surface area contributed by atoms with E-state index in [4.69, 9.17) is 5.11 Å². The van der Waals surface area contributed by atoms with Gasteiger partial charge in [0.1, 0.15) is 11.7 Å². The molecule has 0 bridgehead atoms. The van der Waals surface area contributed by atoms with Crippen LogP contribution in [0.1, 0.15) is 6.42 Å². The fraction of sp³-hybridized carbons (Fsp3) is 0.273. The lowest BCUT2D eigenvalue weighted by molar-refractivity contribution is -0.144. The molecular formula is C11H8F3NO3. The van der Waals surface area contributed by atoms with Crippen molar-refractivity contribution in [2.45, 2.75) is 6.42 Å². The van der Waals surface area contributed by atoms with Crippen LogP contribution in [0.15, 0.2) is 12.1 Å². The van der Waals surface area contributed by atoms with Crippen molar-refractivity contribution in [3.63, 3.8) is 0 Å². The Hall–Kier alpha value is -2.05. The molecular weight excluding hydrogens is 251 g/mol. The number of carbonyl (C=O) groups excluding carboxylic acids is 1. The summed E-state index contributed by atoms with van der Waals surface area (Å²) < 4.78 is 39.2. The number of halogens is 3. The summed E-state index contributed by atoms with van der Waals surface area (Å²) in [5.41, 5.74) is -0.442. The molecule has 1 aliphatic rings. The number of nitrogens with zero attached hydrogens (tertiary/aromatic N) is 1. The molecule has 1 unspecified atom stereocenters. The normalized spacial score (nSPS) is 19.4. The SMILES string of the molecule is O=C(O)C1CCN(c2cc(F)c(F)cc2F)C1=O. The number of anilines is 1. The molecule has 0 aliphatic carbocycles. The highest BCUT2D eigenvalue weighted by atomic mass is 19.2. The number of carboxylic acids is 1. The summed E-state index contributed by atoms with van der Waals surface area (Å²) in [6, 6.07) is 0.874. The van der Waals surface area contributed by atoms with Crippen molar-refractivity contribution >= 4 is 17.6 Å². The molecule has 18 heavy (non-hydrogen) atoms. The lowest BCUT2D eigenvalue weighted by Crippen LogP contribution is -2.30. The van der Waals surface area contributed by atoms with Crippen molar-refractivity contribution in [1.29, 1.82) is 0 Å². The van der Waals surface area contributed by atoms with Crippen LogP contribution in [0.3, 0.4) is 0 Å². The monoisotopic (exact) mass is 259 g/mol. The van der Waals surface area contributed by atoms with Gasteiger partial charge in [-0.05, 0) is 6.42 Å². The Morgan fingerprint density at radius 1 is 1.22 bits per heavy atom. The van der Waals surface area contributed by atoms with Gasteiger partial charge in [-0.25, -0.2) is 13.2 Å². The average molecular weight is 259 g/mol. The summed E-state index contributed by atoms with van der Waals surface area (Å²) in [6.45, 7) is -0.0439. The Balaban J connectivity index is 2.37. The third-order valence-corrected chi connectivity index (χ3v) is 2.78. The van der Waals surface area contributed by atoms with E-state index in [0.29, 0.717) is 12.1 Å². The second-order valence-corrected chi connectivity index (χ2v) is 3.89. The maximum atomic E-state index is 13.4. The molecule has 0 radical (unpaired) electrons. The molecule has 1 atom stereocenters. The van der Waals surface area contributed by atoms with E-state index in [1.54, 1.807) is 0 Å². The van der Waals surface area contributed by atoms with E-state index in [0.717, 1.165) is 4.90 Å². The molecule has 0 aromatic heterocycles. The van der Waals surface area contributed by atoms with E-state index >= 15 is 0 Å². The fourth-order valence-electron chi connectivity index (χ4n) is 1.87. The maximum Gasteiger partial charge on any atom is 0.316 e. The third kappa shape index (κ3) is 1.92. The Morgan fingerprint density at radius 3 is 2.39 bits per heavy atom. The van der Waals surface area contributed by atoms with Crippen molar-refractivity contribution in [2.24, 2.45) is 5.92 Å². The molecule has 1 N–H and O–H groups in total. The Kier molecular flexibility index (Phi) is 2.98.